The van der Waals surface area contributed by atoms with Gasteiger partial charge in [0.15, 0.2) is 0 Å². The van der Waals surface area contributed by atoms with Crippen molar-refractivity contribution in [3.8, 4) is 0 Å². The third kappa shape index (κ3) is 3.26. The standard InChI is InChI=1S/C18H22FN/c1-12-5-7-15(9-14(12)3)10-18(20-4)16-8-6-13(2)17(19)11-16/h5-9,11,18,20H,10H2,1-4H3. The number of hydrogen-bond donors (Lipinski definition) is 1. The van der Waals surface area contributed by atoms with Gasteiger partial charge in [0.2, 0.25) is 0 Å². The molecule has 0 spiro atoms. The molecule has 0 fully saturated rings. The van der Waals surface area contributed by atoms with E-state index in [9.17, 15) is 4.39 Å². The molecule has 2 aromatic rings. The summed E-state index contributed by atoms with van der Waals surface area (Å²) in [6.07, 6.45) is 0.861. The van der Waals surface area contributed by atoms with E-state index in [0.29, 0.717) is 5.56 Å². The first-order valence-corrected chi connectivity index (χ1v) is 7.00. The Morgan fingerprint density at radius 1 is 0.950 bits per heavy atom. The van der Waals surface area contributed by atoms with Crippen LogP contribution < -0.4 is 5.32 Å². The highest BCUT2D eigenvalue weighted by Gasteiger charge is 2.12. The van der Waals surface area contributed by atoms with Gasteiger partial charge in [-0.2, -0.15) is 0 Å². The molecular weight excluding hydrogens is 249 g/mol. The van der Waals surface area contributed by atoms with Gasteiger partial charge < -0.3 is 5.32 Å². The molecule has 0 aliphatic carbocycles. The lowest BCUT2D eigenvalue weighted by molar-refractivity contribution is 0.574. The average Bonchev–Trinajstić information content (AvgIpc) is 2.43. The zero-order valence-electron chi connectivity index (χ0n) is 12.6. The van der Waals surface area contributed by atoms with Crippen molar-refractivity contribution < 1.29 is 4.39 Å². The van der Waals surface area contributed by atoms with Crippen LogP contribution in [0.2, 0.25) is 0 Å². The summed E-state index contributed by atoms with van der Waals surface area (Å²) >= 11 is 0. The molecule has 1 N–H and O–H groups in total. The van der Waals surface area contributed by atoms with E-state index < -0.39 is 0 Å². The van der Waals surface area contributed by atoms with Crippen molar-refractivity contribution in [1.82, 2.24) is 5.32 Å². The summed E-state index contributed by atoms with van der Waals surface area (Å²) in [5.41, 5.74) is 5.56. The monoisotopic (exact) mass is 271 g/mol. The van der Waals surface area contributed by atoms with Gasteiger partial charge in [-0.1, -0.05) is 30.3 Å². The number of likely N-dealkylation sites (N-methyl/N-ethyl adjacent to an activating group) is 1. The smallest absolute Gasteiger partial charge is 0.126 e. The molecule has 0 saturated heterocycles. The molecular formula is C18H22FN. The summed E-state index contributed by atoms with van der Waals surface area (Å²) in [6.45, 7) is 6.03. The highest BCUT2D eigenvalue weighted by atomic mass is 19.1. The van der Waals surface area contributed by atoms with Crippen molar-refractivity contribution in [2.24, 2.45) is 0 Å². The number of aryl methyl sites for hydroxylation is 3. The minimum atomic E-state index is -0.136. The lowest BCUT2D eigenvalue weighted by Crippen LogP contribution is -2.19. The van der Waals surface area contributed by atoms with Crippen LogP contribution in [0.5, 0.6) is 0 Å². The molecule has 2 aromatic carbocycles. The third-order valence-corrected chi connectivity index (χ3v) is 3.96. The lowest BCUT2D eigenvalue weighted by atomic mass is 9.96. The largest absolute Gasteiger partial charge is 0.313 e. The summed E-state index contributed by atoms with van der Waals surface area (Å²) in [7, 11) is 1.92. The van der Waals surface area contributed by atoms with Gasteiger partial charge in [0.05, 0.1) is 0 Å². The molecule has 106 valence electrons. The Kier molecular flexibility index (Phi) is 4.56. The Bertz CT molecular complexity index is 604. The normalized spacial score (nSPS) is 12.4. The predicted molar refractivity (Wildman–Crippen MR) is 82.6 cm³/mol. The number of halogens is 1. The minimum Gasteiger partial charge on any atom is -0.313 e. The van der Waals surface area contributed by atoms with Crippen molar-refractivity contribution in [3.05, 3.63) is 70.0 Å². The third-order valence-electron chi connectivity index (χ3n) is 3.96. The van der Waals surface area contributed by atoms with E-state index in [1.54, 1.807) is 13.0 Å². The van der Waals surface area contributed by atoms with Crippen molar-refractivity contribution >= 4 is 0 Å². The van der Waals surface area contributed by atoms with Crippen LogP contribution in [-0.4, -0.2) is 7.05 Å². The van der Waals surface area contributed by atoms with Crippen LogP contribution in [0.25, 0.3) is 0 Å². The molecule has 1 atom stereocenters. The number of benzene rings is 2. The Morgan fingerprint density at radius 2 is 1.65 bits per heavy atom. The van der Waals surface area contributed by atoms with E-state index in [-0.39, 0.29) is 11.9 Å². The molecule has 0 bridgehead atoms. The van der Waals surface area contributed by atoms with E-state index in [1.807, 2.05) is 19.2 Å². The van der Waals surface area contributed by atoms with Crippen molar-refractivity contribution in [2.45, 2.75) is 33.2 Å². The van der Waals surface area contributed by atoms with Crippen LogP contribution in [0.15, 0.2) is 36.4 Å². The summed E-state index contributed by atoms with van der Waals surface area (Å²) in [5.74, 6) is -0.136. The summed E-state index contributed by atoms with van der Waals surface area (Å²) in [5, 5.41) is 3.28. The second kappa shape index (κ2) is 6.19. The molecule has 0 saturated carbocycles. The Hall–Kier alpha value is -1.67. The fourth-order valence-electron chi connectivity index (χ4n) is 2.38. The second-order valence-electron chi connectivity index (χ2n) is 5.47. The fraction of sp³-hybridized carbons (Fsp3) is 0.333. The molecule has 1 nitrogen and oxygen atoms in total. The van der Waals surface area contributed by atoms with Crippen LogP contribution in [0.4, 0.5) is 4.39 Å². The van der Waals surface area contributed by atoms with E-state index in [2.05, 4.69) is 37.4 Å². The summed E-state index contributed by atoms with van der Waals surface area (Å²) < 4.78 is 13.7. The first kappa shape index (κ1) is 14.7. The highest BCUT2D eigenvalue weighted by molar-refractivity contribution is 5.32. The topological polar surface area (TPSA) is 12.0 Å². The van der Waals surface area contributed by atoms with E-state index >= 15 is 0 Å². The summed E-state index contributed by atoms with van der Waals surface area (Å²) in [6, 6.07) is 12.1. The van der Waals surface area contributed by atoms with Crippen LogP contribution in [0, 0.1) is 26.6 Å². The van der Waals surface area contributed by atoms with E-state index in [0.717, 1.165) is 12.0 Å². The van der Waals surface area contributed by atoms with Crippen LogP contribution in [-0.2, 0) is 6.42 Å². The van der Waals surface area contributed by atoms with Crippen LogP contribution in [0.1, 0.15) is 33.9 Å². The average molecular weight is 271 g/mol. The molecule has 1 unspecified atom stereocenters. The van der Waals surface area contributed by atoms with Crippen molar-refractivity contribution in [1.29, 1.82) is 0 Å². The SMILES string of the molecule is CNC(Cc1ccc(C)c(C)c1)c1ccc(C)c(F)c1. The predicted octanol–water partition coefficient (Wildman–Crippen LogP) is 4.25. The van der Waals surface area contributed by atoms with Gasteiger partial charge in [-0.3, -0.25) is 0 Å². The van der Waals surface area contributed by atoms with Gasteiger partial charge in [-0.15, -0.1) is 0 Å². The molecule has 0 aromatic heterocycles. The number of rotatable bonds is 4. The number of nitrogens with one attached hydrogen (secondary N) is 1. The maximum absolute atomic E-state index is 13.7. The highest BCUT2D eigenvalue weighted by Crippen LogP contribution is 2.21. The molecule has 0 radical (unpaired) electrons. The zero-order chi connectivity index (χ0) is 14.7. The van der Waals surface area contributed by atoms with Gasteiger partial charge in [-0.05, 0) is 68.1 Å². The number of hydrogen-bond acceptors (Lipinski definition) is 1. The van der Waals surface area contributed by atoms with Gasteiger partial charge in [0, 0.05) is 6.04 Å². The molecule has 0 aliphatic heterocycles. The minimum absolute atomic E-state index is 0.132. The van der Waals surface area contributed by atoms with Crippen molar-refractivity contribution in [2.75, 3.05) is 7.05 Å². The van der Waals surface area contributed by atoms with Gasteiger partial charge in [-0.25, -0.2) is 4.39 Å². The zero-order valence-corrected chi connectivity index (χ0v) is 12.6. The maximum atomic E-state index is 13.7. The maximum Gasteiger partial charge on any atom is 0.126 e. The lowest BCUT2D eigenvalue weighted by Gasteiger charge is -2.18. The van der Waals surface area contributed by atoms with Gasteiger partial charge in [0.25, 0.3) is 0 Å². The molecule has 2 heteroatoms. The molecule has 2 rings (SSSR count). The van der Waals surface area contributed by atoms with E-state index in [4.69, 9.17) is 0 Å². The molecule has 20 heavy (non-hydrogen) atoms. The van der Waals surface area contributed by atoms with Gasteiger partial charge in [0.1, 0.15) is 5.82 Å². The second-order valence-corrected chi connectivity index (χ2v) is 5.47. The Labute approximate surface area is 120 Å². The first-order valence-electron chi connectivity index (χ1n) is 7.00. The first-order chi connectivity index (χ1) is 9.51. The molecule has 0 heterocycles. The fourth-order valence-corrected chi connectivity index (χ4v) is 2.38. The van der Waals surface area contributed by atoms with Gasteiger partial charge >= 0.3 is 0 Å². The Balaban J connectivity index is 2.23. The summed E-state index contributed by atoms with van der Waals surface area (Å²) in [4.78, 5) is 0. The quantitative estimate of drug-likeness (QED) is 0.876. The molecule has 0 amide bonds. The van der Waals surface area contributed by atoms with Crippen LogP contribution in [0.3, 0.4) is 0 Å². The van der Waals surface area contributed by atoms with Crippen LogP contribution >= 0.6 is 0 Å². The van der Waals surface area contributed by atoms with E-state index in [1.165, 1.54) is 16.7 Å². The molecule has 0 aliphatic rings. The van der Waals surface area contributed by atoms with Crippen molar-refractivity contribution in [3.63, 3.8) is 0 Å². The Morgan fingerprint density at radius 3 is 2.25 bits per heavy atom.